The Morgan fingerprint density at radius 1 is 1.45 bits per heavy atom. The molecule has 108 valence electrons. The van der Waals surface area contributed by atoms with Crippen LogP contribution in [0.3, 0.4) is 0 Å². The Bertz CT molecular complexity index is 588. The first-order valence-corrected chi connectivity index (χ1v) is 7.32. The summed E-state index contributed by atoms with van der Waals surface area (Å²) in [4.78, 5) is 4.44. The fraction of sp³-hybridized carbons (Fsp3) is 0.429. The SMILES string of the molecule is CCC(c1nc(-c2ccc(F)cc2Br)no1)C(C)NC. The predicted molar refractivity (Wildman–Crippen MR) is 78.9 cm³/mol. The molecule has 0 saturated heterocycles. The molecule has 6 heteroatoms. The van der Waals surface area contributed by atoms with Gasteiger partial charge in [-0.15, -0.1) is 0 Å². The van der Waals surface area contributed by atoms with Gasteiger partial charge in [0.2, 0.25) is 11.7 Å². The van der Waals surface area contributed by atoms with Crippen molar-refractivity contribution in [2.45, 2.75) is 32.2 Å². The third-order valence-electron chi connectivity index (χ3n) is 3.43. The number of hydrogen-bond donors (Lipinski definition) is 1. The zero-order chi connectivity index (χ0) is 14.7. The molecule has 0 amide bonds. The fourth-order valence-electron chi connectivity index (χ4n) is 2.11. The molecule has 2 aromatic rings. The van der Waals surface area contributed by atoms with E-state index in [0.29, 0.717) is 21.8 Å². The molecule has 0 radical (unpaired) electrons. The molecule has 0 aliphatic rings. The highest BCUT2D eigenvalue weighted by Gasteiger charge is 2.23. The van der Waals surface area contributed by atoms with Gasteiger partial charge in [-0.1, -0.05) is 12.1 Å². The van der Waals surface area contributed by atoms with Gasteiger partial charge in [0.25, 0.3) is 0 Å². The molecular weight excluding hydrogens is 325 g/mol. The summed E-state index contributed by atoms with van der Waals surface area (Å²) >= 11 is 3.32. The first kappa shape index (κ1) is 15.1. The van der Waals surface area contributed by atoms with E-state index in [0.717, 1.165) is 6.42 Å². The van der Waals surface area contributed by atoms with Crippen molar-refractivity contribution in [2.24, 2.45) is 0 Å². The van der Waals surface area contributed by atoms with E-state index in [1.165, 1.54) is 12.1 Å². The second-order valence-corrected chi connectivity index (χ2v) is 5.53. The smallest absolute Gasteiger partial charge is 0.231 e. The Hall–Kier alpha value is -1.27. The lowest BCUT2D eigenvalue weighted by Gasteiger charge is -2.17. The molecule has 1 N–H and O–H groups in total. The monoisotopic (exact) mass is 341 g/mol. The van der Waals surface area contributed by atoms with Crippen molar-refractivity contribution in [3.63, 3.8) is 0 Å². The normalized spacial score (nSPS) is 14.2. The van der Waals surface area contributed by atoms with Gasteiger partial charge in [-0.25, -0.2) is 4.39 Å². The molecule has 2 rings (SSSR count). The molecule has 0 saturated carbocycles. The Balaban J connectivity index is 2.32. The van der Waals surface area contributed by atoms with Crippen LogP contribution in [0.15, 0.2) is 27.2 Å². The van der Waals surface area contributed by atoms with Crippen molar-refractivity contribution in [1.82, 2.24) is 15.5 Å². The van der Waals surface area contributed by atoms with Crippen LogP contribution in [0.2, 0.25) is 0 Å². The van der Waals surface area contributed by atoms with Gasteiger partial charge in [0.15, 0.2) is 0 Å². The molecule has 0 aliphatic carbocycles. The Kier molecular flexibility index (Phi) is 4.88. The summed E-state index contributed by atoms with van der Waals surface area (Å²) in [6, 6.07) is 4.64. The van der Waals surface area contributed by atoms with Crippen LogP contribution in [0.5, 0.6) is 0 Å². The van der Waals surface area contributed by atoms with Crippen molar-refractivity contribution in [3.05, 3.63) is 34.4 Å². The van der Waals surface area contributed by atoms with E-state index in [2.05, 4.69) is 45.2 Å². The molecule has 0 fully saturated rings. The van der Waals surface area contributed by atoms with E-state index < -0.39 is 0 Å². The number of aromatic nitrogens is 2. The average molecular weight is 342 g/mol. The van der Waals surface area contributed by atoms with Crippen molar-refractivity contribution in [3.8, 4) is 11.4 Å². The molecular formula is C14H17BrFN3O. The largest absolute Gasteiger partial charge is 0.339 e. The second-order valence-electron chi connectivity index (χ2n) is 4.67. The highest BCUT2D eigenvalue weighted by atomic mass is 79.9. The van der Waals surface area contributed by atoms with Crippen molar-refractivity contribution in [1.29, 1.82) is 0 Å². The Morgan fingerprint density at radius 2 is 2.20 bits per heavy atom. The maximum Gasteiger partial charge on any atom is 0.231 e. The van der Waals surface area contributed by atoms with Crippen molar-refractivity contribution < 1.29 is 8.91 Å². The van der Waals surface area contributed by atoms with E-state index in [1.807, 2.05) is 7.05 Å². The summed E-state index contributed by atoms with van der Waals surface area (Å²) in [5.74, 6) is 0.911. The Morgan fingerprint density at radius 3 is 2.80 bits per heavy atom. The minimum absolute atomic E-state index is 0.153. The van der Waals surface area contributed by atoms with Crippen LogP contribution in [0.25, 0.3) is 11.4 Å². The standard InChI is InChI=1S/C14H17BrFN3O/c1-4-10(8(2)17-3)14-18-13(19-20-14)11-6-5-9(16)7-12(11)15/h5-8,10,17H,4H2,1-3H3. The zero-order valence-corrected chi connectivity index (χ0v) is 13.2. The summed E-state index contributed by atoms with van der Waals surface area (Å²) in [5.41, 5.74) is 0.716. The summed E-state index contributed by atoms with van der Waals surface area (Å²) in [7, 11) is 1.90. The van der Waals surface area contributed by atoms with Gasteiger partial charge >= 0.3 is 0 Å². The summed E-state index contributed by atoms with van der Waals surface area (Å²) in [5, 5.41) is 7.19. The van der Waals surface area contributed by atoms with Gasteiger partial charge < -0.3 is 9.84 Å². The molecule has 0 spiro atoms. The molecule has 20 heavy (non-hydrogen) atoms. The van der Waals surface area contributed by atoms with Gasteiger partial charge in [0, 0.05) is 16.1 Å². The van der Waals surface area contributed by atoms with E-state index >= 15 is 0 Å². The maximum atomic E-state index is 13.1. The van der Waals surface area contributed by atoms with Gasteiger partial charge in [-0.05, 0) is 54.5 Å². The third kappa shape index (κ3) is 3.07. The lowest BCUT2D eigenvalue weighted by atomic mass is 9.98. The Labute approximate surface area is 125 Å². The molecule has 1 aromatic carbocycles. The molecule has 1 heterocycles. The lowest BCUT2D eigenvalue weighted by molar-refractivity contribution is 0.322. The van der Waals surface area contributed by atoms with Gasteiger partial charge in [-0.3, -0.25) is 0 Å². The highest BCUT2D eigenvalue weighted by molar-refractivity contribution is 9.10. The maximum absolute atomic E-state index is 13.1. The molecule has 0 bridgehead atoms. The molecule has 1 aromatic heterocycles. The number of benzene rings is 1. The summed E-state index contributed by atoms with van der Waals surface area (Å²) in [6.07, 6.45) is 0.897. The van der Waals surface area contributed by atoms with Crippen LogP contribution in [-0.4, -0.2) is 23.2 Å². The van der Waals surface area contributed by atoms with Crippen LogP contribution in [-0.2, 0) is 0 Å². The average Bonchev–Trinajstić information content (AvgIpc) is 2.88. The van der Waals surface area contributed by atoms with Gasteiger partial charge in [0.1, 0.15) is 5.82 Å². The topological polar surface area (TPSA) is 51.0 Å². The van der Waals surface area contributed by atoms with Crippen LogP contribution >= 0.6 is 15.9 Å². The lowest BCUT2D eigenvalue weighted by Crippen LogP contribution is -2.28. The van der Waals surface area contributed by atoms with Gasteiger partial charge in [-0.2, -0.15) is 4.98 Å². The van der Waals surface area contributed by atoms with E-state index in [4.69, 9.17) is 4.52 Å². The quantitative estimate of drug-likeness (QED) is 0.899. The van der Waals surface area contributed by atoms with Gasteiger partial charge in [0.05, 0.1) is 5.92 Å². The number of likely N-dealkylation sites (N-methyl/N-ethyl adjacent to an activating group) is 1. The fourth-order valence-corrected chi connectivity index (χ4v) is 2.64. The number of hydrogen-bond acceptors (Lipinski definition) is 4. The number of nitrogens with zero attached hydrogens (tertiary/aromatic N) is 2. The number of halogens is 2. The third-order valence-corrected chi connectivity index (χ3v) is 4.09. The van der Waals surface area contributed by atoms with E-state index in [-0.39, 0.29) is 17.8 Å². The molecule has 2 unspecified atom stereocenters. The van der Waals surface area contributed by atoms with E-state index in [1.54, 1.807) is 6.07 Å². The first-order chi connectivity index (χ1) is 9.56. The summed E-state index contributed by atoms with van der Waals surface area (Å²) < 4.78 is 19.1. The summed E-state index contributed by atoms with van der Waals surface area (Å²) in [6.45, 7) is 4.15. The van der Waals surface area contributed by atoms with Crippen molar-refractivity contribution >= 4 is 15.9 Å². The van der Waals surface area contributed by atoms with Crippen LogP contribution in [0, 0.1) is 5.82 Å². The van der Waals surface area contributed by atoms with Crippen molar-refractivity contribution in [2.75, 3.05) is 7.05 Å². The molecule has 4 nitrogen and oxygen atoms in total. The molecule has 2 atom stereocenters. The minimum atomic E-state index is -0.306. The number of rotatable bonds is 5. The van der Waals surface area contributed by atoms with Crippen LogP contribution in [0.4, 0.5) is 4.39 Å². The zero-order valence-electron chi connectivity index (χ0n) is 11.7. The second kappa shape index (κ2) is 6.45. The van der Waals surface area contributed by atoms with Crippen LogP contribution in [0.1, 0.15) is 32.1 Å². The van der Waals surface area contributed by atoms with Crippen LogP contribution < -0.4 is 5.32 Å². The minimum Gasteiger partial charge on any atom is -0.339 e. The highest BCUT2D eigenvalue weighted by Crippen LogP contribution is 2.29. The predicted octanol–water partition coefficient (Wildman–Crippen LogP) is 3.74. The number of nitrogens with one attached hydrogen (secondary N) is 1. The first-order valence-electron chi connectivity index (χ1n) is 6.53. The van der Waals surface area contributed by atoms with E-state index in [9.17, 15) is 4.39 Å². The molecule has 0 aliphatic heterocycles.